The van der Waals surface area contributed by atoms with Crippen molar-refractivity contribution < 1.29 is 4.79 Å². The van der Waals surface area contributed by atoms with Crippen molar-refractivity contribution in [1.29, 1.82) is 0 Å². The lowest BCUT2D eigenvalue weighted by Gasteiger charge is -2.05. The van der Waals surface area contributed by atoms with Gasteiger partial charge in [0.1, 0.15) is 6.29 Å². The van der Waals surface area contributed by atoms with Crippen LogP contribution in [-0.2, 0) is 4.79 Å². The first-order chi connectivity index (χ1) is 8.16. The van der Waals surface area contributed by atoms with Crippen molar-refractivity contribution in [3.63, 3.8) is 0 Å². The van der Waals surface area contributed by atoms with Crippen molar-refractivity contribution in [2.75, 3.05) is 0 Å². The van der Waals surface area contributed by atoms with E-state index in [2.05, 4.69) is 19.9 Å². The van der Waals surface area contributed by atoms with E-state index in [0.717, 1.165) is 24.7 Å². The fraction of sp³-hybridized carbons (Fsp3) is 0.688. The highest BCUT2D eigenvalue weighted by atomic mass is 16.1. The van der Waals surface area contributed by atoms with Gasteiger partial charge in [-0.3, -0.25) is 4.79 Å². The van der Waals surface area contributed by atoms with Gasteiger partial charge in [0.25, 0.3) is 0 Å². The van der Waals surface area contributed by atoms with E-state index in [0.29, 0.717) is 0 Å². The van der Waals surface area contributed by atoms with E-state index in [1.54, 1.807) is 6.08 Å². The number of aldehydes is 1. The standard InChI is InChI=1S/C10H16O.C6H12/c1-9(2)5-4-6-10(3)7-8-11;1-2-4-6-5-3-1/h5,7-8H,4,6H2,1-3H3;1-6H2. The highest BCUT2D eigenvalue weighted by Gasteiger charge is 1.95. The quantitative estimate of drug-likeness (QED) is 0.371. The van der Waals surface area contributed by atoms with Crippen LogP contribution in [0.5, 0.6) is 0 Å². The molecule has 0 aromatic rings. The summed E-state index contributed by atoms with van der Waals surface area (Å²) >= 11 is 0. The zero-order chi connectivity index (χ0) is 12.9. The van der Waals surface area contributed by atoms with Gasteiger partial charge in [-0.15, -0.1) is 0 Å². The summed E-state index contributed by atoms with van der Waals surface area (Å²) in [7, 11) is 0. The van der Waals surface area contributed by atoms with Crippen molar-refractivity contribution in [2.24, 2.45) is 0 Å². The van der Waals surface area contributed by atoms with E-state index in [4.69, 9.17) is 0 Å². The average Bonchev–Trinajstić information content (AvgIpc) is 2.32. The van der Waals surface area contributed by atoms with E-state index in [9.17, 15) is 4.79 Å². The molecule has 0 aromatic carbocycles. The van der Waals surface area contributed by atoms with E-state index in [-0.39, 0.29) is 0 Å². The third-order valence-electron chi connectivity index (χ3n) is 2.94. The van der Waals surface area contributed by atoms with E-state index < -0.39 is 0 Å². The number of rotatable bonds is 4. The highest BCUT2D eigenvalue weighted by Crippen LogP contribution is 2.15. The van der Waals surface area contributed by atoms with Crippen molar-refractivity contribution in [3.8, 4) is 0 Å². The minimum absolute atomic E-state index is 0.845. The Kier molecular flexibility index (Phi) is 11.0. The Morgan fingerprint density at radius 2 is 1.41 bits per heavy atom. The minimum atomic E-state index is 0.845. The molecule has 1 aliphatic rings. The molecule has 0 spiro atoms. The van der Waals surface area contributed by atoms with E-state index in [1.165, 1.54) is 44.1 Å². The summed E-state index contributed by atoms with van der Waals surface area (Å²) in [6.07, 6.45) is 15.7. The molecule has 0 unspecified atom stereocenters. The van der Waals surface area contributed by atoms with Crippen LogP contribution in [0.4, 0.5) is 0 Å². The topological polar surface area (TPSA) is 17.1 Å². The maximum Gasteiger partial charge on any atom is 0.142 e. The van der Waals surface area contributed by atoms with Gasteiger partial charge in [-0.25, -0.2) is 0 Å². The van der Waals surface area contributed by atoms with Crippen LogP contribution in [0, 0.1) is 0 Å². The van der Waals surface area contributed by atoms with Crippen molar-refractivity contribution >= 4 is 6.29 Å². The van der Waals surface area contributed by atoms with Crippen LogP contribution in [0.3, 0.4) is 0 Å². The van der Waals surface area contributed by atoms with Crippen LogP contribution in [0.15, 0.2) is 23.3 Å². The monoisotopic (exact) mass is 236 g/mol. The van der Waals surface area contributed by atoms with Crippen LogP contribution in [0.25, 0.3) is 0 Å². The molecule has 1 saturated carbocycles. The van der Waals surface area contributed by atoms with Gasteiger partial charge in [0.05, 0.1) is 0 Å². The predicted molar refractivity (Wildman–Crippen MR) is 76.2 cm³/mol. The summed E-state index contributed by atoms with van der Waals surface area (Å²) in [4.78, 5) is 10.0. The average molecular weight is 236 g/mol. The van der Waals surface area contributed by atoms with Crippen LogP contribution in [0.2, 0.25) is 0 Å². The summed E-state index contributed by atoms with van der Waals surface area (Å²) in [5.41, 5.74) is 2.49. The summed E-state index contributed by atoms with van der Waals surface area (Å²) < 4.78 is 0. The number of hydrogen-bond donors (Lipinski definition) is 0. The highest BCUT2D eigenvalue weighted by molar-refractivity contribution is 5.65. The fourth-order valence-electron chi connectivity index (χ4n) is 1.85. The Labute approximate surface area is 107 Å². The van der Waals surface area contributed by atoms with Gasteiger partial charge < -0.3 is 0 Å². The van der Waals surface area contributed by atoms with Gasteiger partial charge in [0, 0.05) is 0 Å². The molecule has 98 valence electrons. The molecular formula is C16H28O. The van der Waals surface area contributed by atoms with Crippen molar-refractivity contribution in [2.45, 2.75) is 72.1 Å². The molecule has 0 N–H and O–H groups in total. The van der Waals surface area contributed by atoms with Crippen LogP contribution >= 0.6 is 0 Å². The Bertz CT molecular complexity index is 229. The third kappa shape index (κ3) is 13.1. The first-order valence-corrected chi connectivity index (χ1v) is 6.91. The van der Waals surface area contributed by atoms with E-state index in [1.807, 2.05) is 6.92 Å². The Morgan fingerprint density at radius 3 is 1.76 bits per heavy atom. The van der Waals surface area contributed by atoms with Crippen LogP contribution in [0.1, 0.15) is 72.1 Å². The Morgan fingerprint density at radius 1 is 0.941 bits per heavy atom. The normalized spacial score (nSPS) is 15.6. The zero-order valence-electron chi connectivity index (χ0n) is 11.8. The van der Waals surface area contributed by atoms with Crippen molar-refractivity contribution in [3.05, 3.63) is 23.3 Å². The molecule has 0 atom stereocenters. The van der Waals surface area contributed by atoms with Crippen LogP contribution < -0.4 is 0 Å². The lowest BCUT2D eigenvalue weighted by atomic mass is 10.0. The molecular weight excluding hydrogens is 208 g/mol. The van der Waals surface area contributed by atoms with Gasteiger partial charge >= 0.3 is 0 Å². The molecule has 1 heteroatoms. The number of carbonyl (C=O) groups excluding carboxylic acids is 1. The van der Waals surface area contributed by atoms with Gasteiger partial charge in [0.15, 0.2) is 0 Å². The Hall–Kier alpha value is -0.850. The lowest BCUT2D eigenvalue weighted by Crippen LogP contribution is -1.85. The summed E-state index contributed by atoms with van der Waals surface area (Å²) in [5, 5.41) is 0. The predicted octanol–water partition coefficient (Wildman–Crippen LogP) is 5.22. The van der Waals surface area contributed by atoms with Gasteiger partial charge in [-0.2, -0.15) is 0 Å². The molecule has 0 aromatic heterocycles. The van der Waals surface area contributed by atoms with Gasteiger partial charge in [0.2, 0.25) is 0 Å². The smallest absolute Gasteiger partial charge is 0.142 e. The second-order valence-electron chi connectivity index (χ2n) is 5.09. The largest absolute Gasteiger partial charge is 0.299 e. The molecule has 0 aliphatic heterocycles. The molecule has 0 saturated heterocycles. The van der Waals surface area contributed by atoms with Gasteiger partial charge in [-0.1, -0.05) is 55.7 Å². The van der Waals surface area contributed by atoms with Gasteiger partial charge in [-0.05, 0) is 39.7 Å². The van der Waals surface area contributed by atoms with E-state index >= 15 is 0 Å². The second kappa shape index (κ2) is 11.6. The molecule has 0 radical (unpaired) electrons. The number of hydrogen-bond acceptors (Lipinski definition) is 1. The first-order valence-electron chi connectivity index (χ1n) is 6.91. The molecule has 1 fully saturated rings. The molecule has 1 nitrogen and oxygen atoms in total. The maximum atomic E-state index is 10.0. The first kappa shape index (κ1) is 16.1. The summed E-state index contributed by atoms with van der Waals surface area (Å²) in [6.45, 7) is 6.14. The Balaban J connectivity index is 0.000000354. The lowest BCUT2D eigenvalue weighted by molar-refractivity contribution is -0.104. The summed E-state index contributed by atoms with van der Waals surface area (Å²) in [5.74, 6) is 0. The number of carbonyl (C=O) groups is 1. The third-order valence-corrected chi connectivity index (χ3v) is 2.94. The fourth-order valence-corrected chi connectivity index (χ4v) is 1.85. The van der Waals surface area contributed by atoms with Crippen LogP contribution in [-0.4, -0.2) is 6.29 Å². The molecule has 0 heterocycles. The SMILES string of the molecule is C1CCCCC1.CC(C)=CCCC(C)=CC=O. The molecule has 1 rings (SSSR count). The molecule has 17 heavy (non-hydrogen) atoms. The maximum absolute atomic E-state index is 10.0. The molecule has 0 bridgehead atoms. The minimum Gasteiger partial charge on any atom is -0.299 e. The second-order valence-corrected chi connectivity index (χ2v) is 5.09. The molecule has 1 aliphatic carbocycles. The zero-order valence-corrected chi connectivity index (χ0v) is 11.8. The van der Waals surface area contributed by atoms with Crippen molar-refractivity contribution in [1.82, 2.24) is 0 Å². The molecule has 0 amide bonds. The number of allylic oxidation sites excluding steroid dienone is 4. The summed E-state index contributed by atoms with van der Waals surface area (Å²) in [6, 6.07) is 0.